The summed E-state index contributed by atoms with van der Waals surface area (Å²) in [7, 11) is 0. The molecule has 0 aliphatic rings. The van der Waals surface area contributed by atoms with Crippen molar-refractivity contribution in [3.05, 3.63) is 51.7 Å². The van der Waals surface area contributed by atoms with Gasteiger partial charge in [0.05, 0.1) is 0 Å². The van der Waals surface area contributed by atoms with Crippen LogP contribution in [0.4, 0.5) is 0 Å². The van der Waals surface area contributed by atoms with Gasteiger partial charge in [-0.15, -0.1) is 11.3 Å². The Bertz CT molecular complexity index is 555. The van der Waals surface area contributed by atoms with Crippen LogP contribution >= 0.6 is 11.3 Å². The zero-order chi connectivity index (χ0) is 15.3. The minimum Gasteiger partial charge on any atom is -0.492 e. The summed E-state index contributed by atoms with van der Waals surface area (Å²) in [5.74, 6) is 1.01. The topological polar surface area (TPSA) is 21.3 Å². The third-order valence-corrected chi connectivity index (χ3v) is 4.24. The van der Waals surface area contributed by atoms with E-state index in [2.05, 4.69) is 68.7 Å². The van der Waals surface area contributed by atoms with Crippen LogP contribution < -0.4 is 10.1 Å². The summed E-state index contributed by atoms with van der Waals surface area (Å²) in [4.78, 5) is 1.36. The highest BCUT2D eigenvalue weighted by atomic mass is 32.1. The van der Waals surface area contributed by atoms with Gasteiger partial charge in [-0.1, -0.05) is 39.0 Å². The predicted molar refractivity (Wildman–Crippen MR) is 91.4 cm³/mol. The number of nitrogens with one attached hydrogen (secondary N) is 1. The van der Waals surface area contributed by atoms with E-state index in [0.717, 1.165) is 18.8 Å². The molecule has 0 radical (unpaired) electrons. The maximum Gasteiger partial charge on any atom is 0.123 e. The highest BCUT2D eigenvalue weighted by Gasteiger charge is 2.18. The van der Waals surface area contributed by atoms with Gasteiger partial charge in [-0.3, -0.25) is 0 Å². The molecule has 0 aliphatic heterocycles. The summed E-state index contributed by atoms with van der Waals surface area (Å²) >= 11 is 1.78. The molecule has 0 saturated carbocycles. The molecule has 2 rings (SSSR count). The van der Waals surface area contributed by atoms with E-state index in [1.165, 1.54) is 16.0 Å². The molecule has 2 nitrogen and oxygen atoms in total. The Hall–Kier alpha value is -1.32. The first-order chi connectivity index (χ1) is 9.97. The SMILES string of the molecule is Cc1ccc(C(C)(C)C)c(OCCNCc2cccs2)c1. The van der Waals surface area contributed by atoms with Gasteiger partial charge in [-0.05, 0) is 41.0 Å². The van der Waals surface area contributed by atoms with Crippen molar-refractivity contribution in [1.29, 1.82) is 0 Å². The summed E-state index contributed by atoms with van der Waals surface area (Å²) in [6, 6.07) is 10.7. The maximum absolute atomic E-state index is 6.00. The van der Waals surface area contributed by atoms with Gasteiger partial charge < -0.3 is 10.1 Å². The molecule has 114 valence electrons. The summed E-state index contributed by atoms with van der Waals surface area (Å²) in [5.41, 5.74) is 2.61. The van der Waals surface area contributed by atoms with E-state index in [9.17, 15) is 0 Å². The molecule has 0 amide bonds. The van der Waals surface area contributed by atoms with Crippen LogP contribution in [0, 0.1) is 6.92 Å². The molecule has 0 spiro atoms. The number of hydrogen-bond acceptors (Lipinski definition) is 3. The standard InChI is InChI=1S/C18H25NOS/c1-14-7-8-16(18(2,3)4)17(12-14)20-10-9-19-13-15-6-5-11-21-15/h5-8,11-12,19H,9-10,13H2,1-4H3. The van der Waals surface area contributed by atoms with E-state index >= 15 is 0 Å². The number of hydrogen-bond donors (Lipinski definition) is 1. The first kappa shape index (κ1) is 16.1. The third-order valence-electron chi connectivity index (χ3n) is 3.36. The number of benzene rings is 1. The molecule has 0 saturated heterocycles. The molecular formula is C18H25NOS. The second-order valence-electron chi connectivity index (χ2n) is 6.35. The second kappa shape index (κ2) is 7.10. The molecule has 1 heterocycles. The Kier molecular flexibility index (Phi) is 5.43. The fraction of sp³-hybridized carbons (Fsp3) is 0.444. The smallest absolute Gasteiger partial charge is 0.123 e. The molecule has 1 aromatic heterocycles. The van der Waals surface area contributed by atoms with Gasteiger partial charge in [-0.2, -0.15) is 0 Å². The summed E-state index contributed by atoms with van der Waals surface area (Å²) < 4.78 is 6.00. The average molecular weight is 303 g/mol. The molecule has 0 fully saturated rings. The van der Waals surface area contributed by atoms with E-state index in [4.69, 9.17) is 4.74 Å². The van der Waals surface area contributed by atoms with Crippen molar-refractivity contribution in [3.63, 3.8) is 0 Å². The van der Waals surface area contributed by atoms with Crippen LogP contribution in [0.15, 0.2) is 35.7 Å². The fourth-order valence-corrected chi connectivity index (χ4v) is 2.90. The van der Waals surface area contributed by atoms with Crippen molar-refractivity contribution >= 4 is 11.3 Å². The normalized spacial score (nSPS) is 11.6. The van der Waals surface area contributed by atoms with Crippen LogP contribution in [0.2, 0.25) is 0 Å². The quantitative estimate of drug-likeness (QED) is 0.792. The molecule has 0 unspecified atom stereocenters. The van der Waals surface area contributed by atoms with Crippen LogP contribution in [-0.2, 0) is 12.0 Å². The minimum atomic E-state index is 0.105. The molecule has 1 N–H and O–H groups in total. The Morgan fingerprint density at radius 2 is 2.00 bits per heavy atom. The predicted octanol–water partition coefficient (Wildman–Crippen LogP) is 4.52. The lowest BCUT2D eigenvalue weighted by atomic mass is 9.86. The lowest BCUT2D eigenvalue weighted by molar-refractivity contribution is 0.305. The maximum atomic E-state index is 6.00. The summed E-state index contributed by atoms with van der Waals surface area (Å²) in [5, 5.41) is 5.52. The van der Waals surface area contributed by atoms with Gasteiger partial charge in [0.1, 0.15) is 12.4 Å². The van der Waals surface area contributed by atoms with Crippen molar-refractivity contribution in [2.45, 2.75) is 39.7 Å². The van der Waals surface area contributed by atoms with Crippen molar-refractivity contribution in [2.75, 3.05) is 13.2 Å². The monoisotopic (exact) mass is 303 g/mol. The third kappa shape index (κ3) is 4.87. The zero-order valence-electron chi connectivity index (χ0n) is 13.4. The number of thiophene rings is 1. The van der Waals surface area contributed by atoms with Crippen molar-refractivity contribution in [1.82, 2.24) is 5.32 Å². The van der Waals surface area contributed by atoms with Crippen molar-refractivity contribution in [2.24, 2.45) is 0 Å². The van der Waals surface area contributed by atoms with Gasteiger partial charge in [-0.25, -0.2) is 0 Å². The highest BCUT2D eigenvalue weighted by Crippen LogP contribution is 2.31. The number of ether oxygens (including phenoxy) is 1. The molecule has 0 atom stereocenters. The van der Waals surface area contributed by atoms with Crippen molar-refractivity contribution < 1.29 is 4.74 Å². The van der Waals surface area contributed by atoms with Gasteiger partial charge >= 0.3 is 0 Å². The molecule has 1 aromatic carbocycles. The van der Waals surface area contributed by atoms with Crippen LogP contribution in [0.1, 0.15) is 36.8 Å². The Morgan fingerprint density at radius 1 is 1.19 bits per heavy atom. The Balaban J connectivity index is 1.86. The average Bonchev–Trinajstić information content (AvgIpc) is 2.90. The molecule has 2 aromatic rings. The van der Waals surface area contributed by atoms with Crippen LogP contribution in [0.3, 0.4) is 0 Å². The Morgan fingerprint density at radius 3 is 2.67 bits per heavy atom. The van der Waals surface area contributed by atoms with Gasteiger partial charge in [0.15, 0.2) is 0 Å². The highest BCUT2D eigenvalue weighted by molar-refractivity contribution is 7.09. The van der Waals surface area contributed by atoms with E-state index in [0.29, 0.717) is 6.61 Å². The van der Waals surface area contributed by atoms with Gasteiger partial charge in [0.2, 0.25) is 0 Å². The lowest BCUT2D eigenvalue weighted by Gasteiger charge is -2.23. The van der Waals surface area contributed by atoms with E-state index < -0.39 is 0 Å². The van der Waals surface area contributed by atoms with Crippen LogP contribution in [0.25, 0.3) is 0 Å². The van der Waals surface area contributed by atoms with E-state index in [1.807, 2.05) is 0 Å². The van der Waals surface area contributed by atoms with Crippen LogP contribution in [0.5, 0.6) is 5.75 Å². The second-order valence-corrected chi connectivity index (χ2v) is 7.39. The molecule has 0 bridgehead atoms. The zero-order valence-corrected chi connectivity index (χ0v) is 14.2. The molecule has 3 heteroatoms. The van der Waals surface area contributed by atoms with E-state index in [1.54, 1.807) is 11.3 Å². The van der Waals surface area contributed by atoms with Gasteiger partial charge in [0.25, 0.3) is 0 Å². The minimum absolute atomic E-state index is 0.105. The van der Waals surface area contributed by atoms with E-state index in [-0.39, 0.29) is 5.41 Å². The van der Waals surface area contributed by atoms with Crippen molar-refractivity contribution in [3.8, 4) is 5.75 Å². The number of rotatable bonds is 6. The van der Waals surface area contributed by atoms with Gasteiger partial charge in [0, 0.05) is 18.0 Å². The summed E-state index contributed by atoms with van der Waals surface area (Å²) in [6.45, 7) is 11.2. The first-order valence-corrected chi connectivity index (χ1v) is 8.32. The lowest BCUT2D eigenvalue weighted by Crippen LogP contribution is -2.21. The molecular weight excluding hydrogens is 278 g/mol. The Labute approximate surface area is 132 Å². The fourth-order valence-electron chi connectivity index (χ4n) is 2.23. The molecule has 0 aliphatic carbocycles. The molecule has 21 heavy (non-hydrogen) atoms. The van der Waals surface area contributed by atoms with Crippen LogP contribution in [-0.4, -0.2) is 13.2 Å². The largest absolute Gasteiger partial charge is 0.492 e. The number of aryl methyl sites for hydroxylation is 1. The summed E-state index contributed by atoms with van der Waals surface area (Å²) in [6.07, 6.45) is 0. The first-order valence-electron chi connectivity index (χ1n) is 7.44.